The Kier molecular flexibility index (Phi) is 11.1. The number of para-hydroxylation sites is 1. The van der Waals surface area contributed by atoms with Gasteiger partial charge in [0.05, 0.1) is 12.6 Å². The Morgan fingerprint density at radius 2 is 1.83 bits per heavy atom. The molecule has 0 spiro atoms. The molecule has 0 fully saturated rings. The Morgan fingerprint density at radius 3 is 2.49 bits per heavy atom. The topological polar surface area (TPSA) is 166 Å². The van der Waals surface area contributed by atoms with Crippen LogP contribution in [0.15, 0.2) is 30.5 Å². The molecule has 11 heteroatoms. The summed E-state index contributed by atoms with van der Waals surface area (Å²) in [5.74, 6) is -2.29. The second-order valence-electron chi connectivity index (χ2n) is 8.49. The van der Waals surface area contributed by atoms with E-state index in [0.717, 1.165) is 16.5 Å². The van der Waals surface area contributed by atoms with Crippen LogP contribution in [0.2, 0.25) is 0 Å². The van der Waals surface area contributed by atoms with Crippen LogP contribution >= 0.6 is 11.8 Å². The molecule has 4 unspecified atom stereocenters. The molecule has 2 rings (SSSR count). The highest BCUT2D eigenvalue weighted by Crippen LogP contribution is 2.19. The van der Waals surface area contributed by atoms with Crippen LogP contribution in [0.1, 0.15) is 32.3 Å². The Balaban J connectivity index is 2.11. The normalized spacial score (nSPS) is 14.5. The fourth-order valence-electron chi connectivity index (χ4n) is 3.54. The van der Waals surface area contributed by atoms with E-state index in [1.54, 1.807) is 6.20 Å². The smallest absolute Gasteiger partial charge is 0.326 e. The van der Waals surface area contributed by atoms with Gasteiger partial charge in [0, 0.05) is 23.5 Å². The lowest BCUT2D eigenvalue weighted by Gasteiger charge is -2.23. The third-order valence-electron chi connectivity index (χ3n) is 5.96. The number of hydrogen-bond acceptors (Lipinski definition) is 6. The van der Waals surface area contributed by atoms with E-state index in [4.69, 9.17) is 5.73 Å². The van der Waals surface area contributed by atoms with E-state index in [0.29, 0.717) is 12.2 Å². The lowest BCUT2D eigenvalue weighted by atomic mass is 9.98. The van der Waals surface area contributed by atoms with Crippen LogP contribution in [-0.2, 0) is 25.6 Å². The van der Waals surface area contributed by atoms with Crippen molar-refractivity contribution in [2.45, 2.75) is 51.2 Å². The summed E-state index contributed by atoms with van der Waals surface area (Å²) in [5.41, 5.74) is 7.78. The summed E-state index contributed by atoms with van der Waals surface area (Å²) in [7, 11) is 0. The largest absolute Gasteiger partial charge is 0.480 e. The average molecular weight is 506 g/mol. The quantitative estimate of drug-likeness (QED) is 0.223. The number of carbonyl (C=O) groups is 4. The van der Waals surface area contributed by atoms with Crippen molar-refractivity contribution in [3.05, 3.63) is 36.0 Å². The van der Waals surface area contributed by atoms with Crippen LogP contribution in [0, 0.1) is 5.92 Å². The first-order valence-electron chi connectivity index (χ1n) is 11.6. The molecule has 0 aliphatic heterocycles. The van der Waals surface area contributed by atoms with Crippen molar-refractivity contribution >= 4 is 46.4 Å². The number of fused-ring (bicyclic) bond motifs is 1. The minimum absolute atomic E-state index is 0.0770. The molecular formula is C24H35N5O5S. The molecule has 1 aromatic carbocycles. The molecule has 1 aromatic heterocycles. The minimum Gasteiger partial charge on any atom is -0.480 e. The molecule has 0 saturated heterocycles. The SMILES string of the molecule is CCC(C)C(N)C(=O)NC(Cc1c[nH]c2ccccc12)C(=O)NCC(=O)NC(CCSC)C(=O)O. The van der Waals surface area contributed by atoms with Gasteiger partial charge in [-0.3, -0.25) is 14.4 Å². The first-order valence-corrected chi connectivity index (χ1v) is 13.0. The van der Waals surface area contributed by atoms with Crippen LogP contribution in [0.4, 0.5) is 0 Å². The maximum absolute atomic E-state index is 13.0. The number of amides is 3. The lowest BCUT2D eigenvalue weighted by molar-refractivity contribution is -0.141. The van der Waals surface area contributed by atoms with Gasteiger partial charge in [0.1, 0.15) is 12.1 Å². The standard InChI is InChI=1S/C24H35N5O5S/c1-4-14(2)21(25)23(32)29-19(11-15-12-26-17-8-6-5-7-16(15)17)22(31)27-13-20(30)28-18(24(33)34)9-10-35-3/h5-8,12,14,18-19,21,26H,4,9-11,13,25H2,1-3H3,(H,27,31)(H,28,30)(H,29,32)(H,33,34). The van der Waals surface area contributed by atoms with Gasteiger partial charge in [-0.1, -0.05) is 38.5 Å². The molecule has 0 bridgehead atoms. The number of carbonyl (C=O) groups excluding carboxylic acids is 3. The van der Waals surface area contributed by atoms with E-state index >= 15 is 0 Å². The highest BCUT2D eigenvalue weighted by Gasteiger charge is 2.28. The fourth-order valence-corrected chi connectivity index (χ4v) is 4.01. The van der Waals surface area contributed by atoms with E-state index in [1.807, 2.05) is 44.4 Å². The molecular weight excluding hydrogens is 470 g/mol. The number of aromatic amines is 1. The fraction of sp³-hybridized carbons (Fsp3) is 0.500. The average Bonchev–Trinajstić information content (AvgIpc) is 3.26. The van der Waals surface area contributed by atoms with Crippen LogP contribution in [0.25, 0.3) is 10.9 Å². The number of nitrogens with one attached hydrogen (secondary N) is 4. The maximum atomic E-state index is 13.0. The van der Waals surface area contributed by atoms with Crippen LogP contribution in [-0.4, -0.2) is 70.5 Å². The molecule has 0 aliphatic rings. The van der Waals surface area contributed by atoms with Crippen LogP contribution < -0.4 is 21.7 Å². The molecule has 4 atom stereocenters. The summed E-state index contributed by atoms with van der Waals surface area (Å²) in [4.78, 5) is 52.6. The van der Waals surface area contributed by atoms with Crippen molar-refractivity contribution < 1.29 is 24.3 Å². The molecule has 1 heterocycles. The highest BCUT2D eigenvalue weighted by molar-refractivity contribution is 7.98. The van der Waals surface area contributed by atoms with Crippen molar-refractivity contribution in [1.29, 1.82) is 0 Å². The monoisotopic (exact) mass is 505 g/mol. The van der Waals surface area contributed by atoms with Crippen molar-refractivity contribution in [3.8, 4) is 0 Å². The zero-order valence-corrected chi connectivity index (χ0v) is 21.1. The summed E-state index contributed by atoms with van der Waals surface area (Å²) in [6.45, 7) is 3.37. The van der Waals surface area contributed by atoms with E-state index in [9.17, 15) is 24.3 Å². The number of nitrogens with two attached hydrogens (primary N) is 1. The number of hydrogen-bond donors (Lipinski definition) is 6. The van der Waals surface area contributed by atoms with Crippen molar-refractivity contribution in [3.63, 3.8) is 0 Å². The predicted octanol–water partition coefficient (Wildman–Crippen LogP) is 1.01. The number of carboxylic acids is 1. The highest BCUT2D eigenvalue weighted by atomic mass is 32.2. The summed E-state index contributed by atoms with van der Waals surface area (Å²) in [5, 5.41) is 17.9. The summed E-state index contributed by atoms with van der Waals surface area (Å²) >= 11 is 1.47. The van der Waals surface area contributed by atoms with E-state index in [-0.39, 0.29) is 18.8 Å². The van der Waals surface area contributed by atoms with Gasteiger partial charge in [-0.05, 0) is 36.0 Å². The predicted molar refractivity (Wildman–Crippen MR) is 137 cm³/mol. The van der Waals surface area contributed by atoms with Gasteiger partial charge in [0.15, 0.2) is 0 Å². The molecule has 0 radical (unpaired) electrons. The van der Waals surface area contributed by atoms with Gasteiger partial charge >= 0.3 is 5.97 Å². The number of aliphatic carboxylic acids is 1. The molecule has 35 heavy (non-hydrogen) atoms. The minimum atomic E-state index is -1.14. The van der Waals surface area contributed by atoms with Gasteiger partial charge in [-0.2, -0.15) is 11.8 Å². The van der Waals surface area contributed by atoms with E-state index in [1.165, 1.54) is 11.8 Å². The first kappa shape index (κ1) is 28.2. The Hall–Kier alpha value is -3.05. The Labute approximate surface area is 209 Å². The summed E-state index contributed by atoms with van der Waals surface area (Å²) < 4.78 is 0. The van der Waals surface area contributed by atoms with Gasteiger partial charge in [-0.15, -0.1) is 0 Å². The molecule has 192 valence electrons. The Morgan fingerprint density at radius 1 is 1.11 bits per heavy atom. The molecule has 7 N–H and O–H groups in total. The number of H-pyrrole nitrogens is 1. The molecule has 0 aliphatic carbocycles. The van der Waals surface area contributed by atoms with E-state index < -0.39 is 48.4 Å². The molecule has 2 aromatic rings. The second-order valence-corrected chi connectivity index (χ2v) is 9.48. The van der Waals surface area contributed by atoms with Gasteiger partial charge in [0.25, 0.3) is 0 Å². The number of rotatable bonds is 14. The Bertz CT molecular complexity index is 1030. The lowest BCUT2D eigenvalue weighted by Crippen LogP contribution is -2.55. The van der Waals surface area contributed by atoms with Crippen molar-refractivity contribution in [1.82, 2.24) is 20.9 Å². The van der Waals surface area contributed by atoms with Gasteiger partial charge < -0.3 is 31.8 Å². The summed E-state index contributed by atoms with van der Waals surface area (Å²) in [6.07, 6.45) is 4.78. The molecule has 10 nitrogen and oxygen atoms in total. The van der Waals surface area contributed by atoms with Crippen LogP contribution in [0.3, 0.4) is 0 Å². The van der Waals surface area contributed by atoms with Crippen molar-refractivity contribution in [2.75, 3.05) is 18.6 Å². The number of thioether (sulfide) groups is 1. The third kappa shape index (κ3) is 8.29. The second kappa shape index (κ2) is 13.7. The van der Waals surface area contributed by atoms with E-state index in [2.05, 4.69) is 20.9 Å². The number of carboxylic acid groups (broad SMARTS) is 1. The van der Waals surface area contributed by atoms with Gasteiger partial charge in [-0.25, -0.2) is 4.79 Å². The molecule has 0 saturated carbocycles. The number of benzene rings is 1. The first-order chi connectivity index (χ1) is 16.7. The number of aromatic nitrogens is 1. The van der Waals surface area contributed by atoms with Crippen LogP contribution in [0.5, 0.6) is 0 Å². The molecule has 3 amide bonds. The summed E-state index contributed by atoms with van der Waals surface area (Å²) in [6, 6.07) is 4.80. The maximum Gasteiger partial charge on any atom is 0.326 e. The zero-order chi connectivity index (χ0) is 26.0. The van der Waals surface area contributed by atoms with Gasteiger partial charge in [0.2, 0.25) is 17.7 Å². The third-order valence-corrected chi connectivity index (χ3v) is 6.60. The van der Waals surface area contributed by atoms with Crippen molar-refractivity contribution in [2.24, 2.45) is 11.7 Å². The zero-order valence-electron chi connectivity index (χ0n) is 20.3.